The highest BCUT2D eigenvalue weighted by Crippen LogP contribution is 2.18. The van der Waals surface area contributed by atoms with Gasteiger partial charge >= 0.3 is 5.97 Å². The van der Waals surface area contributed by atoms with Gasteiger partial charge in [0.15, 0.2) is 6.10 Å². The number of anilines is 1. The molecule has 1 aromatic rings. The van der Waals surface area contributed by atoms with Crippen molar-refractivity contribution in [2.45, 2.75) is 6.10 Å². The summed E-state index contributed by atoms with van der Waals surface area (Å²) in [5.74, 6) is -1.31. The van der Waals surface area contributed by atoms with Gasteiger partial charge in [-0.05, 0) is 18.2 Å². The first kappa shape index (κ1) is 10.9. The molecule has 1 N–H and O–H groups in total. The van der Waals surface area contributed by atoms with Crippen molar-refractivity contribution in [2.75, 3.05) is 24.6 Å². The molecule has 1 saturated heterocycles. The van der Waals surface area contributed by atoms with Crippen LogP contribution in [0.1, 0.15) is 0 Å². The van der Waals surface area contributed by atoms with Gasteiger partial charge in [0.05, 0.1) is 13.2 Å². The topological polar surface area (TPSA) is 49.8 Å². The Morgan fingerprint density at radius 1 is 1.56 bits per heavy atom. The first-order valence-electron chi connectivity index (χ1n) is 5.02. The van der Waals surface area contributed by atoms with Crippen LogP contribution in [0.25, 0.3) is 0 Å². The summed E-state index contributed by atoms with van der Waals surface area (Å²) in [6, 6.07) is 6.12. The lowest BCUT2D eigenvalue weighted by Gasteiger charge is -2.32. The van der Waals surface area contributed by atoms with Crippen LogP contribution < -0.4 is 4.90 Å². The lowest BCUT2D eigenvalue weighted by atomic mass is 10.2. The predicted molar refractivity (Wildman–Crippen MR) is 56.0 cm³/mol. The standard InChI is InChI=1S/C11H12FNO3/c12-8-2-1-3-9(6-8)13-4-5-16-10(7-13)11(14)15/h1-3,6,10H,4-5,7H2,(H,14,15)/t10-/m0/s1. The Balaban J connectivity index is 2.12. The molecule has 86 valence electrons. The van der Waals surface area contributed by atoms with E-state index in [0.717, 1.165) is 0 Å². The Bertz CT molecular complexity index is 397. The lowest BCUT2D eigenvalue weighted by molar-refractivity contribution is -0.150. The number of carboxylic acid groups (broad SMARTS) is 1. The highest BCUT2D eigenvalue weighted by Gasteiger charge is 2.26. The first-order chi connectivity index (χ1) is 7.66. The van der Waals surface area contributed by atoms with Crippen LogP contribution in [0.4, 0.5) is 10.1 Å². The van der Waals surface area contributed by atoms with Crippen molar-refractivity contribution in [1.29, 1.82) is 0 Å². The minimum absolute atomic E-state index is 0.249. The minimum atomic E-state index is -0.985. The molecule has 0 aliphatic carbocycles. The van der Waals surface area contributed by atoms with Crippen molar-refractivity contribution in [3.63, 3.8) is 0 Å². The number of carboxylic acids is 1. The summed E-state index contributed by atoms with van der Waals surface area (Å²) >= 11 is 0. The number of rotatable bonds is 2. The van der Waals surface area contributed by atoms with Crippen LogP contribution in [0.2, 0.25) is 0 Å². The van der Waals surface area contributed by atoms with Crippen LogP contribution in [-0.4, -0.2) is 36.9 Å². The van der Waals surface area contributed by atoms with E-state index in [1.807, 2.05) is 4.90 Å². The second kappa shape index (κ2) is 4.49. The summed E-state index contributed by atoms with van der Waals surface area (Å²) in [4.78, 5) is 12.6. The Hall–Kier alpha value is -1.62. The van der Waals surface area contributed by atoms with E-state index < -0.39 is 12.1 Å². The molecule has 1 fully saturated rings. The van der Waals surface area contributed by atoms with Crippen LogP contribution in [-0.2, 0) is 9.53 Å². The van der Waals surface area contributed by atoms with E-state index in [1.54, 1.807) is 12.1 Å². The van der Waals surface area contributed by atoms with E-state index in [-0.39, 0.29) is 12.4 Å². The van der Waals surface area contributed by atoms with Gasteiger partial charge in [0.2, 0.25) is 0 Å². The van der Waals surface area contributed by atoms with Crippen molar-refractivity contribution < 1.29 is 19.0 Å². The molecule has 0 radical (unpaired) electrons. The largest absolute Gasteiger partial charge is 0.479 e. The molecule has 0 unspecified atom stereocenters. The number of halogens is 1. The van der Waals surface area contributed by atoms with Gasteiger partial charge in [0.1, 0.15) is 5.82 Å². The molecule has 1 atom stereocenters. The molecular formula is C11H12FNO3. The molecule has 4 nitrogen and oxygen atoms in total. The van der Waals surface area contributed by atoms with Gasteiger partial charge < -0.3 is 14.7 Å². The summed E-state index contributed by atoms with van der Waals surface area (Å²) in [5.41, 5.74) is 0.689. The van der Waals surface area contributed by atoms with Gasteiger partial charge in [-0.15, -0.1) is 0 Å². The zero-order valence-electron chi connectivity index (χ0n) is 8.60. The SMILES string of the molecule is O=C(O)[C@@H]1CN(c2cccc(F)c2)CCO1. The molecule has 0 saturated carbocycles. The second-order valence-electron chi connectivity index (χ2n) is 3.62. The number of morpholine rings is 1. The first-order valence-corrected chi connectivity index (χ1v) is 5.02. The lowest BCUT2D eigenvalue weighted by Crippen LogP contribution is -2.46. The summed E-state index contributed by atoms with van der Waals surface area (Å²) < 4.78 is 18.1. The third kappa shape index (κ3) is 2.30. The van der Waals surface area contributed by atoms with Crippen LogP contribution in [0.15, 0.2) is 24.3 Å². The third-order valence-electron chi connectivity index (χ3n) is 2.52. The Kier molecular flexibility index (Phi) is 3.05. The van der Waals surface area contributed by atoms with E-state index in [4.69, 9.17) is 9.84 Å². The molecule has 0 bridgehead atoms. The maximum absolute atomic E-state index is 13.0. The van der Waals surface area contributed by atoms with Gasteiger partial charge in [-0.1, -0.05) is 6.07 Å². The molecule has 2 rings (SSSR count). The normalized spacial score (nSPS) is 20.8. The molecule has 1 aliphatic heterocycles. The van der Waals surface area contributed by atoms with Crippen LogP contribution in [0, 0.1) is 5.82 Å². The van der Waals surface area contributed by atoms with Gasteiger partial charge in [-0.2, -0.15) is 0 Å². The summed E-state index contributed by atoms with van der Waals surface area (Å²) in [6.07, 6.45) is -0.836. The third-order valence-corrected chi connectivity index (χ3v) is 2.52. The minimum Gasteiger partial charge on any atom is -0.479 e. The molecule has 5 heteroatoms. The van der Waals surface area contributed by atoms with E-state index >= 15 is 0 Å². The number of aliphatic carboxylic acids is 1. The predicted octanol–water partition coefficient (Wildman–Crippen LogP) is 1.12. The van der Waals surface area contributed by atoms with Crippen LogP contribution >= 0.6 is 0 Å². The highest BCUT2D eigenvalue weighted by molar-refractivity contribution is 5.73. The average molecular weight is 225 g/mol. The Morgan fingerprint density at radius 3 is 3.06 bits per heavy atom. The molecule has 0 spiro atoms. The van der Waals surface area contributed by atoms with E-state index in [9.17, 15) is 9.18 Å². The summed E-state index contributed by atoms with van der Waals surface area (Å²) in [6.45, 7) is 1.17. The number of carbonyl (C=O) groups is 1. The van der Waals surface area contributed by atoms with E-state index in [0.29, 0.717) is 18.8 Å². The maximum Gasteiger partial charge on any atom is 0.334 e. The zero-order chi connectivity index (χ0) is 11.5. The molecule has 16 heavy (non-hydrogen) atoms. The van der Waals surface area contributed by atoms with Crippen LogP contribution in [0.3, 0.4) is 0 Å². The average Bonchev–Trinajstić information content (AvgIpc) is 2.29. The summed E-state index contributed by atoms with van der Waals surface area (Å²) in [5, 5.41) is 8.83. The summed E-state index contributed by atoms with van der Waals surface area (Å²) in [7, 11) is 0. The number of ether oxygens (including phenoxy) is 1. The smallest absolute Gasteiger partial charge is 0.334 e. The van der Waals surface area contributed by atoms with Crippen molar-refractivity contribution in [3.05, 3.63) is 30.1 Å². The van der Waals surface area contributed by atoms with Crippen molar-refractivity contribution in [3.8, 4) is 0 Å². The fraction of sp³-hybridized carbons (Fsp3) is 0.364. The van der Waals surface area contributed by atoms with Gasteiger partial charge in [-0.3, -0.25) is 0 Å². The molecule has 0 amide bonds. The molecule has 1 aromatic carbocycles. The van der Waals surface area contributed by atoms with Crippen molar-refractivity contribution >= 4 is 11.7 Å². The Labute approximate surface area is 92.2 Å². The molecule has 1 aliphatic rings. The second-order valence-corrected chi connectivity index (χ2v) is 3.62. The number of benzene rings is 1. The van der Waals surface area contributed by atoms with E-state index in [2.05, 4.69) is 0 Å². The monoisotopic (exact) mass is 225 g/mol. The molecule has 1 heterocycles. The Morgan fingerprint density at radius 2 is 2.38 bits per heavy atom. The number of hydrogen-bond donors (Lipinski definition) is 1. The fourth-order valence-corrected chi connectivity index (χ4v) is 1.71. The highest BCUT2D eigenvalue weighted by atomic mass is 19.1. The fourth-order valence-electron chi connectivity index (χ4n) is 1.71. The molecule has 0 aromatic heterocycles. The van der Waals surface area contributed by atoms with E-state index in [1.165, 1.54) is 12.1 Å². The van der Waals surface area contributed by atoms with Gasteiger partial charge in [0.25, 0.3) is 0 Å². The van der Waals surface area contributed by atoms with Crippen molar-refractivity contribution in [2.24, 2.45) is 0 Å². The molecular weight excluding hydrogens is 213 g/mol. The van der Waals surface area contributed by atoms with Crippen molar-refractivity contribution in [1.82, 2.24) is 0 Å². The maximum atomic E-state index is 13.0. The van der Waals surface area contributed by atoms with Gasteiger partial charge in [-0.25, -0.2) is 9.18 Å². The number of hydrogen-bond acceptors (Lipinski definition) is 3. The number of nitrogens with zero attached hydrogens (tertiary/aromatic N) is 1. The quantitative estimate of drug-likeness (QED) is 0.819. The zero-order valence-corrected chi connectivity index (χ0v) is 8.60. The van der Waals surface area contributed by atoms with Gasteiger partial charge in [0, 0.05) is 12.2 Å². The van der Waals surface area contributed by atoms with Crippen LogP contribution in [0.5, 0.6) is 0 Å².